The Kier molecular flexibility index (Phi) is 4.84. The van der Waals surface area contributed by atoms with Crippen LogP contribution in [0, 0.1) is 0 Å². The van der Waals surface area contributed by atoms with Gasteiger partial charge >= 0.3 is 0 Å². The molecule has 1 aromatic carbocycles. The average molecular weight is 255 g/mol. The molecule has 5 heteroatoms. The number of aldehydes is 1. The molecule has 0 spiro atoms. The van der Waals surface area contributed by atoms with E-state index in [2.05, 4.69) is 0 Å². The van der Waals surface area contributed by atoms with Gasteiger partial charge in [-0.15, -0.1) is 0 Å². The van der Waals surface area contributed by atoms with Gasteiger partial charge in [0.1, 0.15) is 6.29 Å². The smallest absolute Gasteiger partial charge is 0.242 e. The highest BCUT2D eigenvalue weighted by atomic mass is 32.2. The van der Waals surface area contributed by atoms with Gasteiger partial charge in [0, 0.05) is 20.5 Å². The second-order valence-electron chi connectivity index (χ2n) is 3.99. The van der Waals surface area contributed by atoms with Crippen molar-refractivity contribution in [2.45, 2.75) is 24.2 Å². The van der Waals surface area contributed by atoms with E-state index in [9.17, 15) is 13.2 Å². The molecular weight excluding hydrogens is 238 g/mol. The lowest BCUT2D eigenvalue weighted by Crippen LogP contribution is -2.22. The average Bonchev–Trinajstić information content (AvgIpc) is 2.30. The number of hydrogen-bond donors (Lipinski definition) is 0. The maximum atomic E-state index is 11.8. The zero-order chi connectivity index (χ0) is 12.9. The van der Waals surface area contributed by atoms with E-state index in [1.807, 2.05) is 0 Å². The van der Waals surface area contributed by atoms with Crippen molar-refractivity contribution >= 4 is 16.3 Å². The van der Waals surface area contributed by atoms with E-state index in [-0.39, 0.29) is 0 Å². The van der Waals surface area contributed by atoms with Gasteiger partial charge in [0.15, 0.2) is 0 Å². The second-order valence-corrected chi connectivity index (χ2v) is 6.14. The zero-order valence-electron chi connectivity index (χ0n) is 10.1. The predicted molar refractivity (Wildman–Crippen MR) is 66.3 cm³/mol. The van der Waals surface area contributed by atoms with E-state index in [1.54, 1.807) is 24.3 Å². The zero-order valence-corrected chi connectivity index (χ0v) is 10.9. The van der Waals surface area contributed by atoms with Crippen LogP contribution in [0.3, 0.4) is 0 Å². The van der Waals surface area contributed by atoms with Crippen molar-refractivity contribution in [3.05, 3.63) is 29.8 Å². The fourth-order valence-corrected chi connectivity index (χ4v) is 2.33. The van der Waals surface area contributed by atoms with E-state index < -0.39 is 10.0 Å². The summed E-state index contributed by atoms with van der Waals surface area (Å²) in [6, 6.07) is 6.79. The van der Waals surface area contributed by atoms with Crippen LogP contribution in [-0.4, -0.2) is 33.1 Å². The Morgan fingerprint density at radius 2 is 1.76 bits per heavy atom. The van der Waals surface area contributed by atoms with Crippen molar-refractivity contribution < 1.29 is 13.2 Å². The highest BCUT2D eigenvalue weighted by Crippen LogP contribution is 2.14. The molecule has 0 saturated heterocycles. The van der Waals surface area contributed by atoms with Crippen molar-refractivity contribution in [3.8, 4) is 0 Å². The first-order valence-electron chi connectivity index (χ1n) is 5.43. The van der Waals surface area contributed by atoms with E-state index in [1.165, 1.54) is 18.4 Å². The van der Waals surface area contributed by atoms with Crippen molar-refractivity contribution in [2.24, 2.45) is 0 Å². The summed E-state index contributed by atoms with van der Waals surface area (Å²) in [6.45, 7) is 0. The maximum Gasteiger partial charge on any atom is 0.242 e. The van der Waals surface area contributed by atoms with Gasteiger partial charge in [0.2, 0.25) is 10.0 Å². The van der Waals surface area contributed by atoms with Gasteiger partial charge in [0.25, 0.3) is 0 Å². The molecule has 94 valence electrons. The summed E-state index contributed by atoms with van der Waals surface area (Å²) >= 11 is 0. The van der Waals surface area contributed by atoms with E-state index in [0.29, 0.717) is 11.3 Å². The molecule has 4 nitrogen and oxygen atoms in total. The minimum absolute atomic E-state index is 0.293. The van der Waals surface area contributed by atoms with E-state index >= 15 is 0 Å². The van der Waals surface area contributed by atoms with Crippen molar-refractivity contribution in [1.29, 1.82) is 0 Å². The Morgan fingerprint density at radius 1 is 1.18 bits per heavy atom. The number of nitrogens with zero attached hydrogens (tertiary/aromatic N) is 1. The lowest BCUT2D eigenvalue weighted by Gasteiger charge is -2.11. The van der Waals surface area contributed by atoms with Gasteiger partial charge in [-0.3, -0.25) is 0 Å². The Hall–Kier alpha value is -1.20. The Labute approximate surface area is 102 Å². The van der Waals surface area contributed by atoms with Gasteiger partial charge in [-0.25, -0.2) is 12.7 Å². The Morgan fingerprint density at radius 3 is 2.24 bits per heavy atom. The van der Waals surface area contributed by atoms with Crippen LogP contribution >= 0.6 is 0 Å². The quantitative estimate of drug-likeness (QED) is 0.571. The Balaban J connectivity index is 2.78. The van der Waals surface area contributed by atoms with Gasteiger partial charge in [-0.05, 0) is 30.5 Å². The van der Waals surface area contributed by atoms with Gasteiger partial charge in [-0.2, -0.15) is 0 Å². The molecule has 1 aromatic rings. The summed E-state index contributed by atoms with van der Waals surface area (Å²) in [5.41, 5.74) is 1.05. The van der Waals surface area contributed by atoms with Gasteiger partial charge in [-0.1, -0.05) is 12.1 Å². The van der Waals surface area contributed by atoms with Crippen LogP contribution in [-0.2, 0) is 21.2 Å². The molecule has 0 heterocycles. The number of sulfonamides is 1. The monoisotopic (exact) mass is 255 g/mol. The first-order valence-corrected chi connectivity index (χ1v) is 6.87. The largest absolute Gasteiger partial charge is 0.303 e. The summed E-state index contributed by atoms with van der Waals surface area (Å²) in [5.74, 6) is 0. The standard InChI is InChI=1S/C12H17NO3S/c1-13(2)17(15,16)12-8-6-11(7-9-12)5-3-4-10-14/h6-10H,3-5H2,1-2H3. The number of unbranched alkanes of at least 4 members (excludes halogenated alkanes) is 1. The summed E-state index contributed by atoms with van der Waals surface area (Å²) in [6.07, 6.45) is 3.02. The molecule has 0 atom stereocenters. The first-order chi connectivity index (χ1) is 7.98. The van der Waals surface area contributed by atoms with Crippen LogP contribution in [0.1, 0.15) is 18.4 Å². The maximum absolute atomic E-state index is 11.8. The lowest BCUT2D eigenvalue weighted by atomic mass is 10.1. The molecule has 0 amide bonds. The molecule has 0 saturated carbocycles. The number of carbonyl (C=O) groups excluding carboxylic acids is 1. The minimum atomic E-state index is -3.34. The predicted octanol–water partition coefficient (Wildman–Crippen LogP) is 1.46. The fourth-order valence-electron chi connectivity index (χ4n) is 1.43. The van der Waals surface area contributed by atoms with Crippen molar-refractivity contribution in [2.75, 3.05) is 14.1 Å². The molecule has 1 rings (SSSR count). The molecule has 0 unspecified atom stereocenters. The highest BCUT2D eigenvalue weighted by molar-refractivity contribution is 7.89. The third-order valence-electron chi connectivity index (χ3n) is 2.49. The van der Waals surface area contributed by atoms with Crippen molar-refractivity contribution in [3.63, 3.8) is 0 Å². The second kappa shape index (κ2) is 5.93. The van der Waals surface area contributed by atoms with Crippen LogP contribution in [0.2, 0.25) is 0 Å². The van der Waals surface area contributed by atoms with E-state index in [0.717, 1.165) is 24.7 Å². The summed E-state index contributed by atoms with van der Waals surface area (Å²) in [5, 5.41) is 0. The third kappa shape index (κ3) is 3.64. The number of rotatable bonds is 6. The summed E-state index contributed by atoms with van der Waals surface area (Å²) < 4.78 is 24.8. The molecule has 0 N–H and O–H groups in total. The lowest BCUT2D eigenvalue weighted by molar-refractivity contribution is -0.107. The number of benzene rings is 1. The minimum Gasteiger partial charge on any atom is -0.303 e. The first kappa shape index (κ1) is 13.9. The van der Waals surface area contributed by atoms with Gasteiger partial charge < -0.3 is 4.79 Å². The molecular formula is C12H17NO3S. The molecule has 0 bridgehead atoms. The van der Waals surface area contributed by atoms with E-state index in [4.69, 9.17) is 0 Å². The highest BCUT2D eigenvalue weighted by Gasteiger charge is 2.16. The molecule has 0 radical (unpaired) electrons. The number of aryl methyl sites for hydroxylation is 1. The molecule has 0 fully saturated rings. The van der Waals surface area contributed by atoms with Crippen LogP contribution in [0.25, 0.3) is 0 Å². The topological polar surface area (TPSA) is 54.5 Å². The molecule has 0 aliphatic carbocycles. The number of carbonyl (C=O) groups is 1. The third-order valence-corrected chi connectivity index (χ3v) is 4.32. The van der Waals surface area contributed by atoms with Crippen LogP contribution in [0.15, 0.2) is 29.2 Å². The molecule has 0 aliphatic heterocycles. The number of hydrogen-bond acceptors (Lipinski definition) is 3. The fraction of sp³-hybridized carbons (Fsp3) is 0.417. The Bertz CT molecular complexity index is 463. The van der Waals surface area contributed by atoms with Crippen LogP contribution in [0.4, 0.5) is 0 Å². The molecule has 0 aromatic heterocycles. The molecule has 17 heavy (non-hydrogen) atoms. The summed E-state index contributed by atoms with van der Waals surface area (Å²) in [4.78, 5) is 10.5. The van der Waals surface area contributed by atoms with Gasteiger partial charge in [0.05, 0.1) is 4.90 Å². The van der Waals surface area contributed by atoms with Crippen LogP contribution < -0.4 is 0 Å². The SMILES string of the molecule is CN(C)S(=O)(=O)c1ccc(CCCC=O)cc1. The van der Waals surface area contributed by atoms with Crippen LogP contribution in [0.5, 0.6) is 0 Å². The molecule has 0 aliphatic rings. The normalized spacial score (nSPS) is 11.7. The van der Waals surface area contributed by atoms with Crippen molar-refractivity contribution in [1.82, 2.24) is 4.31 Å². The summed E-state index contributed by atoms with van der Waals surface area (Å²) in [7, 11) is -0.327.